The van der Waals surface area contributed by atoms with Crippen LogP contribution in [0.25, 0.3) is 0 Å². The largest absolute Gasteiger partial charge is 0.482 e. The van der Waals surface area contributed by atoms with Crippen LogP contribution in [0.3, 0.4) is 0 Å². The zero-order valence-electron chi connectivity index (χ0n) is 17.4. The van der Waals surface area contributed by atoms with Crippen LogP contribution in [-0.4, -0.2) is 50.3 Å². The number of amides is 2. The Labute approximate surface area is 187 Å². The van der Waals surface area contributed by atoms with Crippen molar-refractivity contribution in [2.24, 2.45) is 5.92 Å². The van der Waals surface area contributed by atoms with Gasteiger partial charge in [0.25, 0.3) is 5.91 Å². The van der Waals surface area contributed by atoms with Crippen LogP contribution < -0.4 is 15.4 Å². The molecule has 1 aromatic rings. The number of carbonyl (C=O) groups excluding carboxylic acids is 2. The van der Waals surface area contributed by atoms with Crippen LogP contribution in [0.15, 0.2) is 17.0 Å². The lowest BCUT2D eigenvalue weighted by molar-refractivity contribution is -0.127. The van der Waals surface area contributed by atoms with Crippen LogP contribution in [0.5, 0.6) is 5.75 Å². The lowest BCUT2D eigenvalue weighted by atomic mass is 9.97. The average Bonchev–Trinajstić information content (AvgIpc) is 3.01. The molecule has 1 aliphatic carbocycles. The maximum atomic E-state index is 13.3. The van der Waals surface area contributed by atoms with Gasteiger partial charge >= 0.3 is 0 Å². The topological polar surface area (TPSA) is 105 Å². The molecule has 31 heavy (non-hydrogen) atoms. The molecule has 1 atom stereocenters. The lowest BCUT2D eigenvalue weighted by Crippen LogP contribution is -2.47. The van der Waals surface area contributed by atoms with E-state index in [9.17, 15) is 18.0 Å². The Balaban J connectivity index is 1.48. The van der Waals surface area contributed by atoms with E-state index >= 15 is 0 Å². The van der Waals surface area contributed by atoms with Crippen molar-refractivity contribution in [1.29, 1.82) is 0 Å². The number of rotatable bonds is 4. The van der Waals surface area contributed by atoms with Gasteiger partial charge in [0.15, 0.2) is 6.61 Å². The van der Waals surface area contributed by atoms with Crippen LogP contribution in [0.2, 0.25) is 5.02 Å². The van der Waals surface area contributed by atoms with Crippen molar-refractivity contribution in [2.75, 3.05) is 25.0 Å². The van der Waals surface area contributed by atoms with Crippen LogP contribution >= 0.6 is 11.6 Å². The molecule has 8 nitrogen and oxygen atoms in total. The highest BCUT2D eigenvalue weighted by atomic mass is 35.5. The Bertz CT molecular complexity index is 960. The standard InChI is InChI=1S/C21H28ClN3O5S/c22-16-10-17-18(30-13-20(26)24-17)11-19(16)31(28,29)25-9-5-6-14(12-25)21(27)23-15-7-3-1-2-4-8-15/h10-11,14-15H,1-9,12-13H2,(H,23,27)(H,24,26). The van der Waals surface area contributed by atoms with E-state index in [1.54, 1.807) is 0 Å². The van der Waals surface area contributed by atoms with Gasteiger partial charge in [0.2, 0.25) is 15.9 Å². The maximum Gasteiger partial charge on any atom is 0.262 e. The molecule has 2 amide bonds. The molecular formula is C21H28ClN3O5S. The molecule has 1 saturated carbocycles. The number of fused-ring (bicyclic) bond motifs is 1. The van der Waals surface area contributed by atoms with Gasteiger partial charge in [-0.1, -0.05) is 37.3 Å². The van der Waals surface area contributed by atoms with Crippen LogP contribution in [0, 0.1) is 5.92 Å². The van der Waals surface area contributed by atoms with E-state index in [0.717, 1.165) is 25.7 Å². The van der Waals surface area contributed by atoms with Crippen LogP contribution in [0.4, 0.5) is 5.69 Å². The van der Waals surface area contributed by atoms with Gasteiger partial charge in [-0.2, -0.15) is 4.31 Å². The van der Waals surface area contributed by atoms with Gasteiger partial charge in [-0.15, -0.1) is 0 Å². The highest BCUT2D eigenvalue weighted by molar-refractivity contribution is 7.89. The monoisotopic (exact) mass is 469 g/mol. The first-order valence-corrected chi connectivity index (χ1v) is 12.7. The van der Waals surface area contributed by atoms with E-state index in [1.807, 2.05) is 0 Å². The minimum absolute atomic E-state index is 0.00887. The first-order chi connectivity index (χ1) is 14.8. The van der Waals surface area contributed by atoms with Crippen molar-refractivity contribution in [1.82, 2.24) is 9.62 Å². The van der Waals surface area contributed by atoms with Gasteiger partial charge in [-0.25, -0.2) is 8.42 Å². The summed E-state index contributed by atoms with van der Waals surface area (Å²) >= 11 is 6.26. The van der Waals surface area contributed by atoms with Crippen molar-refractivity contribution in [3.8, 4) is 5.75 Å². The fourth-order valence-electron chi connectivity index (χ4n) is 4.54. The Kier molecular flexibility index (Phi) is 6.74. The molecule has 2 heterocycles. The van der Waals surface area contributed by atoms with Crippen molar-refractivity contribution in [3.05, 3.63) is 17.2 Å². The number of hydrogen-bond acceptors (Lipinski definition) is 5. The second kappa shape index (κ2) is 9.34. The average molecular weight is 470 g/mol. The molecule has 170 valence electrons. The number of piperidine rings is 1. The number of benzene rings is 1. The first-order valence-electron chi connectivity index (χ1n) is 10.9. The second-order valence-corrected chi connectivity index (χ2v) is 10.8. The molecule has 0 aromatic heterocycles. The number of sulfonamides is 1. The van der Waals surface area contributed by atoms with Gasteiger partial charge < -0.3 is 15.4 Å². The van der Waals surface area contributed by atoms with Crippen molar-refractivity contribution >= 4 is 39.1 Å². The Hall–Kier alpha value is -1.84. The Morgan fingerprint density at radius 1 is 1.13 bits per heavy atom. The molecule has 0 radical (unpaired) electrons. The molecule has 2 N–H and O–H groups in total. The summed E-state index contributed by atoms with van der Waals surface area (Å²) < 4.78 is 33.3. The number of hydrogen-bond donors (Lipinski definition) is 2. The van der Waals surface area contributed by atoms with Gasteiger partial charge in [0.05, 0.1) is 16.6 Å². The predicted octanol–water partition coefficient (Wildman–Crippen LogP) is 2.91. The maximum absolute atomic E-state index is 13.3. The minimum Gasteiger partial charge on any atom is -0.482 e. The molecule has 3 aliphatic rings. The normalized spacial score (nSPS) is 23.3. The Morgan fingerprint density at radius 2 is 1.87 bits per heavy atom. The molecule has 1 saturated heterocycles. The zero-order valence-corrected chi connectivity index (χ0v) is 18.9. The minimum atomic E-state index is -3.92. The molecule has 1 aromatic carbocycles. The van der Waals surface area contributed by atoms with E-state index in [2.05, 4.69) is 10.6 Å². The summed E-state index contributed by atoms with van der Waals surface area (Å²) in [5, 5.41) is 5.77. The Morgan fingerprint density at radius 3 is 2.61 bits per heavy atom. The number of anilines is 1. The zero-order chi connectivity index (χ0) is 22.0. The van der Waals surface area contributed by atoms with Crippen LogP contribution in [-0.2, 0) is 19.6 Å². The first kappa shape index (κ1) is 22.4. The lowest BCUT2D eigenvalue weighted by Gasteiger charge is -2.32. The fourth-order valence-corrected chi connectivity index (χ4v) is 6.58. The molecular weight excluding hydrogens is 442 g/mol. The quantitative estimate of drug-likeness (QED) is 0.659. The summed E-state index contributed by atoms with van der Waals surface area (Å²) in [4.78, 5) is 24.3. The third-order valence-electron chi connectivity index (χ3n) is 6.24. The number of ether oxygens (including phenoxy) is 1. The highest BCUT2D eigenvalue weighted by Crippen LogP contribution is 2.37. The van der Waals surface area contributed by atoms with E-state index in [0.29, 0.717) is 25.1 Å². The second-order valence-electron chi connectivity index (χ2n) is 8.51. The van der Waals surface area contributed by atoms with E-state index in [4.69, 9.17) is 16.3 Å². The van der Waals surface area contributed by atoms with Gasteiger partial charge in [-0.05, 0) is 31.7 Å². The van der Waals surface area contributed by atoms with E-state index < -0.39 is 10.0 Å². The molecule has 0 bridgehead atoms. The summed E-state index contributed by atoms with van der Waals surface area (Å²) in [5.74, 6) is -0.493. The van der Waals surface area contributed by atoms with Crippen molar-refractivity contribution < 1.29 is 22.7 Å². The summed E-state index contributed by atoms with van der Waals surface area (Å²) in [7, 11) is -3.92. The predicted molar refractivity (Wildman–Crippen MR) is 117 cm³/mol. The molecule has 2 aliphatic heterocycles. The number of nitrogens with zero attached hydrogens (tertiary/aromatic N) is 1. The van der Waals surface area contributed by atoms with Crippen molar-refractivity contribution in [2.45, 2.75) is 62.3 Å². The van der Waals surface area contributed by atoms with E-state index in [1.165, 1.54) is 29.3 Å². The van der Waals surface area contributed by atoms with Gasteiger partial charge in [0.1, 0.15) is 10.6 Å². The molecule has 4 rings (SSSR count). The summed E-state index contributed by atoms with van der Waals surface area (Å²) in [6.45, 7) is 0.285. The molecule has 1 unspecified atom stereocenters. The SMILES string of the molecule is O=C1COc2cc(S(=O)(=O)N3CCCC(C(=O)NC4CCCCCC4)C3)c(Cl)cc2N1. The highest BCUT2D eigenvalue weighted by Gasteiger charge is 2.36. The number of carbonyl (C=O) groups is 2. The van der Waals surface area contributed by atoms with E-state index in [-0.39, 0.29) is 52.6 Å². The third-order valence-corrected chi connectivity index (χ3v) is 8.57. The van der Waals surface area contributed by atoms with Gasteiger partial charge in [0, 0.05) is 25.2 Å². The van der Waals surface area contributed by atoms with Crippen LogP contribution in [0.1, 0.15) is 51.4 Å². The smallest absolute Gasteiger partial charge is 0.262 e. The fraction of sp³-hybridized carbons (Fsp3) is 0.619. The summed E-state index contributed by atoms with van der Waals surface area (Å²) in [6, 6.07) is 2.92. The molecule has 2 fully saturated rings. The van der Waals surface area contributed by atoms with Gasteiger partial charge in [-0.3, -0.25) is 9.59 Å². The number of nitrogens with one attached hydrogen (secondary N) is 2. The summed E-state index contributed by atoms with van der Waals surface area (Å²) in [5.41, 5.74) is 0.347. The molecule has 10 heteroatoms. The van der Waals surface area contributed by atoms with Crippen molar-refractivity contribution in [3.63, 3.8) is 0 Å². The number of halogens is 1. The third kappa shape index (κ3) is 4.99. The molecule has 0 spiro atoms. The summed E-state index contributed by atoms with van der Waals surface area (Å²) in [6.07, 6.45) is 7.90.